The SMILES string of the molecule is OC1COC(c2ccccc2)O[C@H]1COCc1ccc2ccccc2c1. The molecule has 1 N–H and O–H groups in total. The monoisotopic (exact) mass is 350 g/mol. The number of hydrogen-bond donors (Lipinski definition) is 1. The average molecular weight is 350 g/mol. The molecular formula is C22H22O4. The van der Waals surface area contributed by atoms with Crippen molar-refractivity contribution in [2.45, 2.75) is 25.1 Å². The van der Waals surface area contributed by atoms with Gasteiger partial charge in [0.05, 0.1) is 19.8 Å². The quantitative estimate of drug-likeness (QED) is 0.760. The fraction of sp³-hybridized carbons (Fsp3) is 0.273. The Kier molecular flexibility index (Phi) is 5.27. The van der Waals surface area contributed by atoms with Crippen molar-refractivity contribution in [1.82, 2.24) is 0 Å². The zero-order valence-electron chi connectivity index (χ0n) is 14.5. The minimum absolute atomic E-state index is 0.240. The van der Waals surface area contributed by atoms with Crippen LogP contribution in [-0.2, 0) is 20.8 Å². The Morgan fingerprint density at radius 1 is 0.923 bits per heavy atom. The standard InChI is InChI=1S/C22H22O4/c23-20-14-25-22(18-7-2-1-3-8-18)26-21(20)15-24-13-16-10-11-17-6-4-5-9-19(17)12-16/h1-12,20-23H,13-15H2/t20?,21-,22?/m0/s1. The molecule has 3 atom stereocenters. The summed E-state index contributed by atoms with van der Waals surface area (Å²) < 4.78 is 17.3. The third kappa shape index (κ3) is 3.94. The summed E-state index contributed by atoms with van der Waals surface area (Å²) in [6.45, 7) is 1.04. The molecule has 0 amide bonds. The molecule has 4 rings (SSSR count). The Bertz CT molecular complexity index is 849. The van der Waals surface area contributed by atoms with Gasteiger partial charge in [-0.2, -0.15) is 0 Å². The second-order valence-corrected chi connectivity index (χ2v) is 6.51. The summed E-state index contributed by atoms with van der Waals surface area (Å²) in [5.41, 5.74) is 2.05. The predicted molar refractivity (Wildman–Crippen MR) is 99.6 cm³/mol. The summed E-state index contributed by atoms with van der Waals surface area (Å²) in [6.07, 6.45) is -1.56. The Labute approximate surface area is 152 Å². The van der Waals surface area contributed by atoms with Gasteiger partial charge in [-0.05, 0) is 22.4 Å². The van der Waals surface area contributed by atoms with Gasteiger partial charge in [0.2, 0.25) is 0 Å². The number of aliphatic hydroxyl groups excluding tert-OH is 1. The maximum Gasteiger partial charge on any atom is 0.184 e. The first kappa shape index (κ1) is 17.2. The van der Waals surface area contributed by atoms with E-state index in [1.807, 2.05) is 42.5 Å². The van der Waals surface area contributed by atoms with Crippen LogP contribution in [0.2, 0.25) is 0 Å². The zero-order valence-corrected chi connectivity index (χ0v) is 14.5. The Balaban J connectivity index is 1.35. The molecule has 1 aliphatic heterocycles. The minimum Gasteiger partial charge on any atom is -0.388 e. The van der Waals surface area contributed by atoms with Crippen molar-refractivity contribution < 1.29 is 19.3 Å². The van der Waals surface area contributed by atoms with Gasteiger partial charge in [0.15, 0.2) is 6.29 Å². The van der Waals surface area contributed by atoms with Gasteiger partial charge in [-0.25, -0.2) is 0 Å². The van der Waals surface area contributed by atoms with E-state index >= 15 is 0 Å². The Morgan fingerprint density at radius 2 is 1.69 bits per heavy atom. The van der Waals surface area contributed by atoms with E-state index in [2.05, 4.69) is 30.3 Å². The highest BCUT2D eigenvalue weighted by Gasteiger charge is 2.31. The van der Waals surface area contributed by atoms with Crippen LogP contribution >= 0.6 is 0 Å². The number of fused-ring (bicyclic) bond motifs is 1. The van der Waals surface area contributed by atoms with Crippen molar-refractivity contribution in [2.75, 3.05) is 13.2 Å². The van der Waals surface area contributed by atoms with E-state index in [0.717, 1.165) is 11.1 Å². The molecule has 1 fully saturated rings. The smallest absolute Gasteiger partial charge is 0.184 e. The molecule has 4 nitrogen and oxygen atoms in total. The Morgan fingerprint density at radius 3 is 2.54 bits per heavy atom. The molecule has 1 heterocycles. The molecule has 3 aromatic carbocycles. The van der Waals surface area contributed by atoms with Gasteiger partial charge in [0, 0.05) is 5.56 Å². The highest BCUT2D eigenvalue weighted by atomic mass is 16.7. The third-order valence-electron chi connectivity index (χ3n) is 4.58. The highest BCUT2D eigenvalue weighted by Crippen LogP contribution is 2.26. The van der Waals surface area contributed by atoms with Crippen LogP contribution in [0.1, 0.15) is 17.4 Å². The summed E-state index contributed by atoms with van der Waals surface area (Å²) in [4.78, 5) is 0. The number of hydrogen-bond acceptors (Lipinski definition) is 4. The van der Waals surface area contributed by atoms with Gasteiger partial charge in [0.1, 0.15) is 12.2 Å². The molecule has 1 aliphatic rings. The van der Waals surface area contributed by atoms with Crippen LogP contribution in [0.5, 0.6) is 0 Å². The predicted octanol–water partition coefficient (Wildman–Crippen LogP) is 3.83. The fourth-order valence-corrected chi connectivity index (χ4v) is 3.14. The number of benzene rings is 3. The molecule has 134 valence electrons. The maximum atomic E-state index is 10.1. The van der Waals surface area contributed by atoms with E-state index in [-0.39, 0.29) is 6.61 Å². The van der Waals surface area contributed by atoms with Crippen LogP contribution in [0.25, 0.3) is 10.8 Å². The van der Waals surface area contributed by atoms with E-state index in [1.54, 1.807) is 0 Å². The zero-order chi connectivity index (χ0) is 17.8. The lowest BCUT2D eigenvalue weighted by Gasteiger charge is -2.34. The summed E-state index contributed by atoms with van der Waals surface area (Å²) in [5, 5.41) is 12.5. The van der Waals surface area contributed by atoms with Crippen molar-refractivity contribution in [3.63, 3.8) is 0 Å². The van der Waals surface area contributed by atoms with Gasteiger partial charge in [-0.3, -0.25) is 0 Å². The first-order valence-corrected chi connectivity index (χ1v) is 8.85. The molecule has 0 aromatic heterocycles. The van der Waals surface area contributed by atoms with Crippen LogP contribution in [0.15, 0.2) is 72.8 Å². The molecule has 0 spiro atoms. The molecule has 0 saturated carbocycles. The summed E-state index contributed by atoms with van der Waals surface area (Å²) in [6, 6.07) is 24.3. The van der Waals surface area contributed by atoms with E-state index in [1.165, 1.54) is 10.8 Å². The summed E-state index contributed by atoms with van der Waals surface area (Å²) >= 11 is 0. The molecule has 2 unspecified atom stereocenters. The lowest BCUT2D eigenvalue weighted by atomic mass is 10.1. The first-order valence-electron chi connectivity index (χ1n) is 8.85. The van der Waals surface area contributed by atoms with Crippen LogP contribution in [0.4, 0.5) is 0 Å². The maximum absolute atomic E-state index is 10.1. The van der Waals surface area contributed by atoms with Gasteiger partial charge in [0.25, 0.3) is 0 Å². The number of rotatable bonds is 5. The van der Waals surface area contributed by atoms with Crippen molar-refractivity contribution in [3.8, 4) is 0 Å². The summed E-state index contributed by atoms with van der Waals surface area (Å²) in [7, 11) is 0. The first-order chi connectivity index (χ1) is 12.8. The molecule has 3 aromatic rings. The average Bonchev–Trinajstić information content (AvgIpc) is 2.70. The lowest BCUT2D eigenvalue weighted by molar-refractivity contribution is -0.266. The van der Waals surface area contributed by atoms with Crippen molar-refractivity contribution in [2.24, 2.45) is 0 Å². The topological polar surface area (TPSA) is 47.9 Å². The van der Waals surface area contributed by atoms with Crippen LogP contribution in [-0.4, -0.2) is 30.5 Å². The molecular weight excluding hydrogens is 328 g/mol. The molecule has 4 heteroatoms. The lowest BCUT2D eigenvalue weighted by Crippen LogP contribution is -2.43. The number of aliphatic hydroxyl groups is 1. The van der Waals surface area contributed by atoms with E-state index in [4.69, 9.17) is 14.2 Å². The highest BCUT2D eigenvalue weighted by molar-refractivity contribution is 5.82. The van der Waals surface area contributed by atoms with Gasteiger partial charge >= 0.3 is 0 Å². The summed E-state index contributed by atoms with van der Waals surface area (Å²) in [5.74, 6) is 0. The normalized spacial score (nSPS) is 23.2. The second-order valence-electron chi connectivity index (χ2n) is 6.51. The largest absolute Gasteiger partial charge is 0.388 e. The van der Waals surface area contributed by atoms with E-state index in [9.17, 15) is 5.11 Å². The minimum atomic E-state index is -0.688. The van der Waals surface area contributed by atoms with Crippen molar-refractivity contribution >= 4 is 10.8 Å². The molecule has 0 radical (unpaired) electrons. The Hall–Kier alpha value is -2.24. The van der Waals surface area contributed by atoms with Gasteiger partial charge in [-0.15, -0.1) is 0 Å². The van der Waals surface area contributed by atoms with Crippen molar-refractivity contribution in [1.29, 1.82) is 0 Å². The van der Waals surface area contributed by atoms with Crippen molar-refractivity contribution in [3.05, 3.63) is 83.9 Å². The molecule has 0 bridgehead atoms. The van der Waals surface area contributed by atoms with Gasteiger partial charge in [-0.1, -0.05) is 66.7 Å². The molecule has 0 aliphatic carbocycles. The van der Waals surface area contributed by atoms with E-state index < -0.39 is 18.5 Å². The molecule has 26 heavy (non-hydrogen) atoms. The molecule has 1 saturated heterocycles. The van der Waals surface area contributed by atoms with Crippen LogP contribution in [0, 0.1) is 0 Å². The van der Waals surface area contributed by atoms with E-state index in [0.29, 0.717) is 13.2 Å². The van der Waals surface area contributed by atoms with Crippen LogP contribution < -0.4 is 0 Å². The van der Waals surface area contributed by atoms with Crippen LogP contribution in [0.3, 0.4) is 0 Å². The third-order valence-corrected chi connectivity index (χ3v) is 4.58. The fourth-order valence-electron chi connectivity index (χ4n) is 3.14. The van der Waals surface area contributed by atoms with Gasteiger partial charge < -0.3 is 19.3 Å². The second kappa shape index (κ2) is 7.98. The number of ether oxygens (including phenoxy) is 3.